The molecule has 3 rings (SSSR count). The van der Waals surface area contributed by atoms with Crippen molar-refractivity contribution < 1.29 is 14.3 Å². The van der Waals surface area contributed by atoms with Crippen molar-refractivity contribution in [1.29, 1.82) is 0 Å². The zero-order valence-corrected chi connectivity index (χ0v) is 14.0. The Balaban J connectivity index is 1.82. The smallest absolute Gasteiger partial charge is 0.255 e. The van der Waals surface area contributed by atoms with Crippen LogP contribution in [-0.2, 0) is 4.74 Å². The maximum absolute atomic E-state index is 12.5. The lowest BCUT2D eigenvalue weighted by molar-refractivity contribution is 0.102. The first kappa shape index (κ1) is 16.3. The van der Waals surface area contributed by atoms with Gasteiger partial charge in [-0.2, -0.15) is 0 Å². The fraction of sp³-hybridized carbons (Fsp3) is 0.316. The van der Waals surface area contributed by atoms with Crippen molar-refractivity contribution in [3.05, 3.63) is 53.6 Å². The molecular weight excluding hydrogens is 304 g/mol. The van der Waals surface area contributed by atoms with Gasteiger partial charge in [0.25, 0.3) is 5.91 Å². The summed E-state index contributed by atoms with van der Waals surface area (Å²) >= 11 is 0. The van der Waals surface area contributed by atoms with Crippen LogP contribution in [0.2, 0.25) is 0 Å². The molecule has 126 valence electrons. The molecule has 0 aromatic heterocycles. The van der Waals surface area contributed by atoms with Crippen LogP contribution in [0, 0.1) is 6.92 Å². The van der Waals surface area contributed by atoms with Crippen LogP contribution in [0.5, 0.6) is 5.75 Å². The highest BCUT2D eigenvalue weighted by Gasteiger charge is 2.15. The number of amides is 1. The van der Waals surface area contributed by atoms with Gasteiger partial charge < -0.3 is 19.7 Å². The largest absolute Gasteiger partial charge is 0.495 e. The highest BCUT2D eigenvalue weighted by atomic mass is 16.5. The van der Waals surface area contributed by atoms with E-state index in [1.807, 2.05) is 49.4 Å². The molecule has 1 aliphatic heterocycles. The highest BCUT2D eigenvalue weighted by molar-refractivity contribution is 6.05. The van der Waals surface area contributed by atoms with E-state index in [0.29, 0.717) is 17.0 Å². The first-order chi connectivity index (χ1) is 11.7. The molecule has 0 saturated carbocycles. The molecule has 1 heterocycles. The van der Waals surface area contributed by atoms with E-state index >= 15 is 0 Å². The molecule has 0 unspecified atom stereocenters. The van der Waals surface area contributed by atoms with Gasteiger partial charge in [-0.3, -0.25) is 4.79 Å². The first-order valence-corrected chi connectivity index (χ1v) is 8.06. The van der Waals surface area contributed by atoms with E-state index in [2.05, 4.69) is 10.2 Å². The molecule has 1 N–H and O–H groups in total. The Morgan fingerprint density at radius 2 is 1.83 bits per heavy atom. The molecule has 2 aromatic rings. The van der Waals surface area contributed by atoms with E-state index in [1.54, 1.807) is 7.11 Å². The van der Waals surface area contributed by atoms with Gasteiger partial charge in [0.15, 0.2) is 0 Å². The topological polar surface area (TPSA) is 50.8 Å². The highest BCUT2D eigenvalue weighted by Crippen LogP contribution is 2.30. The number of nitrogens with one attached hydrogen (secondary N) is 1. The Bertz CT molecular complexity index is 707. The number of hydrogen-bond acceptors (Lipinski definition) is 4. The van der Waals surface area contributed by atoms with E-state index in [9.17, 15) is 4.79 Å². The zero-order valence-electron chi connectivity index (χ0n) is 14.0. The summed E-state index contributed by atoms with van der Waals surface area (Å²) in [4.78, 5) is 14.7. The Kier molecular flexibility index (Phi) is 5.01. The summed E-state index contributed by atoms with van der Waals surface area (Å²) in [6.45, 7) is 5.13. The molecule has 1 fully saturated rings. The number of carbonyl (C=O) groups is 1. The monoisotopic (exact) mass is 326 g/mol. The van der Waals surface area contributed by atoms with Crippen LogP contribution in [-0.4, -0.2) is 39.3 Å². The fourth-order valence-corrected chi connectivity index (χ4v) is 2.71. The number of methoxy groups -OCH3 is 1. The van der Waals surface area contributed by atoms with Gasteiger partial charge in [-0.05, 0) is 37.3 Å². The lowest BCUT2D eigenvalue weighted by atomic mass is 10.1. The molecule has 0 atom stereocenters. The first-order valence-electron chi connectivity index (χ1n) is 8.06. The van der Waals surface area contributed by atoms with E-state index in [4.69, 9.17) is 9.47 Å². The van der Waals surface area contributed by atoms with Crippen LogP contribution in [0.25, 0.3) is 0 Å². The summed E-state index contributed by atoms with van der Waals surface area (Å²) in [7, 11) is 1.60. The lowest BCUT2D eigenvalue weighted by Gasteiger charge is -2.29. The van der Waals surface area contributed by atoms with Gasteiger partial charge in [0, 0.05) is 24.3 Å². The Morgan fingerprint density at radius 1 is 1.12 bits per heavy atom. The Morgan fingerprint density at radius 3 is 2.50 bits per heavy atom. The van der Waals surface area contributed by atoms with Gasteiger partial charge in [0.2, 0.25) is 0 Å². The number of hydrogen-bond donors (Lipinski definition) is 1. The van der Waals surface area contributed by atoms with E-state index in [0.717, 1.165) is 37.6 Å². The second kappa shape index (κ2) is 7.36. The predicted molar refractivity (Wildman–Crippen MR) is 95.2 cm³/mol. The molecule has 0 bridgehead atoms. The number of rotatable bonds is 4. The molecule has 2 aromatic carbocycles. The molecule has 1 amide bonds. The van der Waals surface area contributed by atoms with Crippen molar-refractivity contribution in [3.63, 3.8) is 0 Å². The van der Waals surface area contributed by atoms with Crippen LogP contribution in [0.3, 0.4) is 0 Å². The van der Waals surface area contributed by atoms with Crippen LogP contribution >= 0.6 is 0 Å². The molecule has 5 nitrogen and oxygen atoms in total. The van der Waals surface area contributed by atoms with Gasteiger partial charge in [0.1, 0.15) is 5.75 Å². The van der Waals surface area contributed by atoms with Gasteiger partial charge >= 0.3 is 0 Å². The SMILES string of the molecule is COc1ccc(N2CCOCC2)cc1NC(=O)c1ccc(C)cc1. The third-order valence-electron chi connectivity index (χ3n) is 4.12. The average molecular weight is 326 g/mol. The molecular formula is C19H22N2O3. The number of benzene rings is 2. The molecule has 24 heavy (non-hydrogen) atoms. The van der Waals surface area contributed by atoms with Gasteiger partial charge in [-0.1, -0.05) is 17.7 Å². The normalized spacial score (nSPS) is 14.3. The number of aryl methyl sites for hydroxylation is 1. The van der Waals surface area contributed by atoms with Crippen LogP contribution in [0.4, 0.5) is 11.4 Å². The summed E-state index contributed by atoms with van der Waals surface area (Å²) in [5, 5.41) is 2.95. The number of anilines is 2. The van der Waals surface area contributed by atoms with Crippen molar-refractivity contribution in [3.8, 4) is 5.75 Å². The van der Waals surface area contributed by atoms with Crippen LogP contribution in [0.1, 0.15) is 15.9 Å². The lowest BCUT2D eigenvalue weighted by Crippen LogP contribution is -2.36. The predicted octanol–water partition coefficient (Wildman–Crippen LogP) is 3.09. The molecule has 0 aliphatic carbocycles. The number of carbonyl (C=O) groups excluding carboxylic acids is 1. The van der Waals surface area contributed by atoms with Crippen LogP contribution in [0.15, 0.2) is 42.5 Å². The van der Waals surface area contributed by atoms with E-state index in [1.165, 1.54) is 0 Å². The van der Waals surface area contributed by atoms with Gasteiger partial charge in [-0.25, -0.2) is 0 Å². The summed E-state index contributed by atoms with van der Waals surface area (Å²) in [5.41, 5.74) is 3.48. The molecule has 1 aliphatic rings. The van der Waals surface area contributed by atoms with Crippen LogP contribution < -0.4 is 15.0 Å². The second-order valence-electron chi connectivity index (χ2n) is 5.80. The Hall–Kier alpha value is -2.53. The number of ether oxygens (including phenoxy) is 2. The van der Waals surface area contributed by atoms with Crippen molar-refractivity contribution in [2.45, 2.75) is 6.92 Å². The van der Waals surface area contributed by atoms with E-state index < -0.39 is 0 Å². The Labute approximate surface area is 142 Å². The zero-order chi connectivity index (χ0) is 16.9. The third-order valence-corrected chi connectivity index (χ3v) is 4.12. The maximum atomic E-state index is 12.5. The van der Waals surface area contributed by atoms with Crippen molar-refractivity contribution in [2.75, 3.05) is 43.6 Å². The van der Waals surface area contributed by atoms with Crippen molar-refractivity contribution in [1.82, 2.24) is 0 Å². The number of morpholine rings is 1. The molecule has 0 spiro atoms. The summed E-state index contributed by atoms with van der Waals surface area (Å²) in [5.74, 6) is 0.500. The summed E-state index contributed by atoms with van der Waals surface area (Å²) < 4.78 is 10.8. The molecule has 0 radical (unpaired) electrons. The minimum Gasteiger partial charge on any atom is -0.495 e. The third kappa shape index (κ3) is 3.68. The minimum absolute atomic E-state index is 0.146. The fourth-order valence-electron chi connectivity index (χ4n) is 2.71. The van der Waals surface area contributed by atoms with Crippen molar-refractivity contribution in [2.24, 2.45) is 0 Å². The summed E-state index contributed by atoms with van der Waals surface area (Å²) in [6, 6.07) is 13.3. The van der Waals surface area contributed by atoms with Gasteiger partial charge in [-0.15, -0.1) is 0 Å². The van der Waals surface area contributed by atoms with Crippen molar-refractivity contribution >= 4 is 17.3 Å². The number of nitrogens with zero attached hydrogens (tertiary/aromatic N) is 1. The van der Waals surface area contributed by atoms with E-state index in [-0.39, 0.29) is 5.91 Å². The molecule has 1 saturated heterocycles. The van der Waals surface area contributed by atoms with Gasteiger partial charge in [0.05, 0.1) is 26.0 Å². The quantitative estimate of drug-likeness (QED) is 0.938. The summed E-state index contributed by atoms with van der Waals surface area (Å²) in [6.07, 6.45) is 0. The second-order valence-corrected chi connectivity index (χ2v) is 5.80. The standard InChI is InChI=1S/C19H22N2O3/c1-14-3-5-15(6-4-14)19(22)20-17-13-16(7-8-18(17)23-2)21-9-11-24-12-10-21/h3-8,13H,9-12H2,1-2H3,(H,20,22). The molecule has 5 heteroatoms. The maximum Gasteiger partial charge on any atom is 0.255 e. The minimum atomic E-state index is -0.146. The average Bonchev–Trinajstić information content (AvgIpc) is 2.63.